The van der Waals surface area contributed by atoms with Gasteiger partial charge in [-0.1, -0.05) is 79.1 Å². The summed E-state index contributed by atoms with van der Waals surface area (Å²) in [7, 11) is 0. The molecule has 0 saturated heterocycles. The van der Waals surface area contributed by atoms with Crippen LogP contribution in [0.25, 0.3) is 0 Å². The van der Waals surface area contributed by atoms with Crippen molar-refractivity contribution in [2.45, 2.75) is 111 Å². The summed E-state index contributed by atoms with van der Waals surface area (Å²) in [6.07, 6.45) is 12.3. The second-order valence-corrected chi connectivity index (χ2v) is 8.94. The molecule has 0 heterocycles. The van der Waals surface area contributed by atoms with Crippen molar-refractivity contribution in [1.29, 1.82) is 0 Å². The van der Waals surface area contributed by atoms with Gasteiger partial charge in [-0.15, -0.1) is 0 Å². The Bertz CT molecular complexity index is 432. The lowest BCUT2D eigenvalue weighted by molar-refractivity contribution is -0.166. The minimum atomic E-state index is -0.849. The minimum absolute atomic E-state index is 0.0745. The van der Waals surface area contributed by atoms with E-state index in [9.17, 15) is 14.7 Å². The van der Waals surface area contributed by atoms with Crippen molar-refractivity contribution < 1.29 is 19.4 Å². The Hall–Kier alpha value is -1.06. The average molecular weight is 383 g/mol. The first-order valence-corrected chi connectivity index (χ1v) is 11.3. The highest BCUT2D eigenvalue weighted by atomic mass is 16.5. The number of rotatable bonds is 13. The zero-order valence-electron chi connectivity index (χ0n) is 18.0. The maximum absolute atomic E-state index is 12.7. The van der Waals surface area contributed by atoms with E-state index in [1.807, 2.05) is 0 Å². The molecule has 4 atom stereocenters. The van der Waals surface area contributed by atoms with Gasteiger partial charge < -0.3 is 9.84 Å². The number of carboxylic acids is 1. The maximum Gasteiger partial charge on any atom is 0.310 e. The summed E-state index contributed by atoms with van der Waals surface area (Å²) in [6.45, 7) is 8.80. The van der Waals surface area contributed by atoms with Gasteiger partial charge >= 0.3 is 11.9 Å². The van der Waals surface area contributed by atoms with Gasteiger partial charge in [0.25, 0.3) is 0 Å². The molecule has 27 heavy (non-hydrogen) atoms. The van der Waals surface area contributed by atoms with Gasteiger partial charge in [-0.25, -0.2) is 0 Å². The second kappa shape index (κ2) is 13.2. The van der Waals surface area contributed by atoms with Crippen molar-refractivity contribution >= 4 is 11.9 Å². The topological polar surface area (TPSA) is 63.6 Å². The van der Waals surface area contributed by atoms with Crippen LogP contribution in [0.1, 0.15) is 105 Å². The van der Waals surface area contributed by atoms with Crippen LogP contribution in [0.4, 0.5) is 0 Å². The van der Waals surface area contributed by atoms with Crippen molar-refractivity contribution in [3.05, 3.63) is 0 Å². The summed E-state index contributed by atoms with van der Waals surface area (Å²) in [4.78, 5) is 24.2. The molecule has 1 aliphatic rings. The predicted molar refractivity (Wildman–Crippen MR) is 110 cm³/mol. The largest absolute Gasteiger partial charge is 0.481 e. The quantitative estimate of drug-likeness (QED) is 0.303. The second-order valence-electron chi connectivity index (χ2n) is 8.94. The van der Waals surface area contributed by atoms with E-state index in [1.165, 1.54) is 32.1 Å². The highest BCUT2D eigenvalue weighted by Crippen LogP contribution is 2.32. The van der Waals surface area contributed by atoms with Crippen LogP contribution in [-0.2, 0) is 14.3 Å². The van der Waals surface area contributed by atoms with Crippen molar-refractivity contribution in [2.75, 3.05) is 0 Å². The summed E-state index contributed by atoms with van der Waals surface area (Å²) in [5.41, 5.74) is 0. The summed E-state index contributed by atoms with van der Waals surface area (Å²) >= 11 is 0. The molecule has 0 bridgehead atoms. The van der Waals surface area contributed by atoms with Crippen LogP contribution in [0.5, 0.6) is 0 Å². The van der Waals surface area contributed by atoms with Gasteiger partial charge in [0.1, 0.15) is 6.10 Å². The first kappa shape index (κ1) is 24.0. The minimum Gasteiger partial charge on any atom is -0.481 e. The number of carboxylic acid groups (broad SMARTS) is 1. The van der Waals surface area contributed by atoms with Gasteiger partial charge in [0.05, 0.1) is 11.8 Å². The summed E-state index contributed by atoms with van der Waals surface area (Å²) in [5, 5.41) is 9.42. The molecule has 4 unspecified atom stereocenters. The van der Waals surface area contributed by atoms with Gasteiger partial charge in [-0.3, -0.25) is 9.59 Å². The Kier molecular flexibility index (Phi) is 11.7. The lowest BCUT2D eigenvalue weighted by Gasteiger charge is -2.30. The van der Waals surface area contributed by atoms with Gasteiger partial charge in [0, 0.05) is 0 Å². The van der Waals surface area contributed by atoms with Crippen LogP contribution in [0.15, 0.2) is 0 Å². The van der Waals surface area contributed by atoms with Gasteiger partial charge in [0.15, 0.2) is 0 Å². The molecule has 1 N–H and O–H groups in total. The summed E-state index contributed by atoms with van der Waals surface area (Å²) in [6, 6.07) is 0. The van der Waals surface area contributed by atoms with Crippen LogP contribution in [-0.4, -0.2) is 23.1 Å². The zero-order valence-corrected chi connectivity index (χ0v) is 18.0. The predicted octanol–water partition coefficient (Wildman–Crippen LogP) is 6.22. The number of unbranched alkanes of at least 4 members (excludes halogenated alkanes) is 4. The van der Waals surface area contributed by atoms with Gasteiger partial charge in [-0.2, -0.15) is 0 Å². The fourth-order valence-electron chi connectivity index (χ4n) is 4.10. The van der Waals surface area contributed by atoms with Crippen LogP contribution < -0.4 is 0 Å². The molecule has 1 saturated carbocycles. The van der Waals surface area contributed by atoms with E-state index in [2.05, 4.69) is 27.7 Å². The fourth-order valence-corrected chi connectivity index (χ4v) is 4.10. The lowest BCUT2D eigenvalue weighted by Crippen LogP contribution is -2.37. The number of hydrogen-bond acceptors (Lipinski definition) is 3. The summed E-state index contributed by atoms with van der Waals surface area (Å²) in [5.74, 6) is -1.04. The first-order valence-electron chi connectivity index (χ1n) is 11.3. The van der Waals surface area contributed by atoms with E-state index in [-0.39, 0.29) is 12.1 Å². The SMILES string of the molecule is CCC(C)C(CCCCCCCC(C)C)OC(=O)C1CCCCC1C(=O)O. The lowest BCUT2D eigenvalue weighted by atomic mass is 9.79. The Labute approximate surface area is 166 Å². The molecule has 1 fully saturated rings. The highest BCUT2D eigenvalue weighted by molar-refractivity contribution is 5.81. The molecule has 0 aliphatic heterocycles. The normalized spacial score (nSPS) is 22.4. The van der Waals surface area contributed by atoms with Crippen molar-refractivity contribution in [1.82, 2.24) is 0 Å². The van der Waals surface area contributed by atoms with Crippen LogP contribution in [0, 0.1) is 23.7 Å². The third-order valence-electron chi connectivity index (χ3n) is 6.20. The Morgan fingerprint density at radius 2 is 1.48 bits per heavy atom. The Morgan fingerprint density at radius 3 is 2.04 bits per heavy atom. The standard InChI is InChI=1S/C23H42O4/c1-5-18(4)21(16-10-8-6-7-9-13-17(2)3)27-23(26)20-15-12-11-14-19(20)22(24)25/h17-21H,5-16H2,1-4H3,(H,24,25). The van der Waals surface area contributed by atoms with Crippen LogP contribution in [0.3, 0.4) is 0 Å². The van der Waals surface area contributed by atoms with E-state index >= 15 is 0 Å². The van der Waals surface area contributed by atoms with Crippen LogP contribution in [0.2, 0.25) is 0 Å². The number of hydrogen-bond donors (Lipinski definition) is 1. The molecule has 0 amide bonds. The molecule has 4 nitrogen and oxygen atoms in total. The number of ether oxygens (including phenoxy) is 1. The fraction of sp³-hybridized carbons (Fsp3) is 0.913. The van der Waals surface area contributed by atoms with E-state index in [4.69, 9.17) is 4.74 Å². The smallest absolute Gasteiger partial charge is 0.310 e. The number of esters is 1. The van der Waals surface area contributed by atoms with Crippen molar-refractivity contribution in [3.8, 4) is 0 Å². The monoisotopic (exact) mass is 382 g/mol. The third-order valence-corrected chi connectivity index (χ3v) is 6.20. The molecule has 158 valence electrons. The molecule has 0 aromatic carbocycles. The molecule has 0 radical (unpaired) electrons. The molecule has 1 rings (SSSR count). The molecule has 0 aromatic heterocycles. The van der Waals surface area contributed by atoms with Crippen molar-refractivity contribution in [2.24, 2.45) is 23.7 Å². The molecular formula is C23H42O4. The molecular weight excluding hydrogens is 340 g/mol. The zero-order chi connectivity index (χ0) is 20.2. The number of carbonyl (C=O) groups is 2. The Morgan fingerprint density at radius 1 is 0.926 bits per heavy atom. The average Bonchev–Trinajstić information content (AvgIpc) is 2.65. The molecule has 4 heteroatoms. The Balaban J connectivity index is 2.44. The number of carbonyl (C=O) groups excluding carboxylic acids is 1. The van der Waals surface area contributed by atoms with E-state index in [0.717, 1.165) is 38.0 Å². The van der Waals surface area contributed by atoms with Gasteiger partial charge in [0.2, 0.25) is 0 Å². The molecule has 1 aliphatic carbocycles. The van der Waals surface area contributed by atoms with Gasteiger partial charge in [-0.05, 0) is 37.5 Å². The molecule has 0 spiro atoms. The van der Waals surface area contributed by atoms with E-state index < -0.39 is 17.8 Å². The highest BCUT2D eigenvalue weighted by Gasteiger charge is 2.38. The third kappa shape index (κ3) is 9.12. The summed E-state index contributed by atoms with van der Waals surface area (Å²) < 4.78 is 5.88. The van der Waals surface area contributed by atoms with E-state index in [0.29, 0.717) is 18.8 Å². The maximum atomic E-state index is 12.7. The molecule has 0 aromatic rings. The van der Waals surface area contributed by atoms with Crippen molar-refractivity contribution in [3.63, 3.8) is 0 Å². The van der Waals surface area contributed by atoms with E-state index in [1.54, 1.807) is 0 Å². The van der Waals surface area contributed by atoms with Crippen LogP contribution >= 0.6 is 0 Å². The number of aliphatic carboxylic acids is 1. The first-order chi connectivity index (χ1) is 12.9.